The van der Waals surface area contributed by atoms with Gasteiger partial charge in [-0.05, 0) is 61.9 Å². The second-order valence-corrected chi connectivity index (χ2v) is 10.5. The van der Waals surface area contributed by atoms with Crippen LogP contribution in [0.15, 0.2) is 74.0 Å². The highest BCUT2D eigenvalue weighted by Gasteiger charge is 2.34. The first kappa shape index (κ1) is 26.6. The summed E-state index contributed by atoms with van der Waals surface area (Å²) >= 11 is 7.15. The minimum Gasteiger partial charge on any atom is -0.478 e. The van der Waals surface area contributed by atoms with E-state index in [1.54, 1.807) is 56.3 Å². The number of furan rings is 1. The topological polar surface area (TPSA) is 130 Å². The highest BCUT2D eigenvalue weighted by molar-refractivity contribution is 7.07. The standard InChI is InChI=1S/C29H21ClN2O8S/c1-3-37-28(36)24-14(2)31-29-32(25(24)16-5-8-21-22(11-16)39-13-38-21)26(33)23(41-29)12-17-6-9-20(40-17)15-4-7-19(30)18(10-15)27(34)35/h4-12,25H,3,13H2,1-2H3,(H,34,35). The van der Waals surface area contributed by atoms with E-state index in [0.29, 0.717) is 49.2 Å². The highest BCUT2D eigenvalue weighted by atomic mass is 35.5. The molecule has 2 aliphatic heterocycles. The number of rotatable bonds is 6. The first-order valence-electron chi connectivity index (χ1n) is 12.5. The minimum atomic E-state index is -1.15. The second-order valence-electron chi connectivity index (χ2n) is 9.12. The number of halogens is 1. The average Bonchev–Trinajstić information content (AvgIpc) is 3.67. The molecule has 1 N–H and O–H groups in total. The van der Waals surface area contributed by atoms with E-state index >= 15 is 0 Å². The zero-order valence-corrected chi connectivity index (χ0v) is 23.2. The number of carbonyl (C=O) groups excluding carboxylic acids is 1. The van der Waals surface area contributed by atoms with Crippen molar-refractivity contribution in [2.45, 2.75) is 19.9 Å². The number of thiazole rings is 1. The van der Waals surface area contributed by atoms with Gasteiger partial charge in [0.15, 0.2) is 16.3 Å². The number of esters is 1. The normalized spacial score (nSPS) is 16.0. The smallest absolute Gasteiger partial charge is 0.338 e. The Balaban J connectivity index is 1.45. The van der Waals surface area contributed by atoms with E-state index in [9.17, 15) is 19.5 Å². The Morgan fingerprint density at radius 3 is 2.76 bits per heavy atom. The monoisotopic (exact) mass is 592 g/mol. The van der Waals surface area contributed by atoms with Crippen molar-refractivity contribution in [3.63, 3.8) is 0 Å². The zero-order valence-electron chi connectivity index (χ0n) is 21.7. The van der Waals surface area contributed by atoms with Gasteiger partial charge in [0.2, 0.25) is 6.79 Å². The van der Waals surface area contributed by atoms with Crippen molar-refractivity contribution in [1.82, 2.24) is 4.57 Å². The largest absolute Gasteiger partial charge is 0.478 e. The molecular formula is C29H21ClN2O8S. The lowest BCUT2D eigenvalue weighted by molar-refractivity contribution is -0.139. The van der Waals surface area contributed by atoms with Gasteiger partial charge < -0.3 is 23.7 Å². The van der Waals surface area contributed by atoms with Crippen LogP contribution in [0, 0.1) is 0 Å². The van der Waals surface area contributed by atoms with Crippen molar-refractivity contribution in [3.05, 3.63) is 101 Å². The number of ether oxygens (including phenoxy) is 3. The van der Waals surface area contributed by atoms with E-state index in [1.807, 2.05) is 0 Å². The number of aromatic nitrogens is 1. The maximum absolute atomic E-state index is 13.8. The molecule has 6 rings (SSSR count). The summed E-state index contributed by atoms with van der Waals surface area (Å²) < 4.78 is 24.0. The third-order valence-corrected chi connectivity index (χ3v) is 7.92. The van der Waals surface area contributed by atoms with E-state index in [0.717, 1.165) is 11.3 Å². The Hall–Kier alpha value is -4.61. The van der Waals surface area contributed by atoms with Crippen LogP contribution in [0.5, 0.6) is 11.5 Å². The molecule has 2 aromatic carbocycles. The van der Waals surface area contributed by atoms with E-state index in [4.69, 9.17) is 30.2 Å². The number of carbonyl (C=O) groups is 2. The molecule has 0 bridgehead atoms. The van der Waals surface area contributed by atoms with Gasteiger partial charge in [0.1, 0.15) is 11.5 Å². The number of aromatic carboxylic acids is 1. The first-order valence-corrected chi connectivity index (χ1v) is 13.7. The predicted molar refractivity (Wildman–Crippen MR) is 149 cm³/mol. The number of hydrogen-bond donors (Lipinski definition) is 1. The third-order valence-electron chi connectivity index (χ3n) is 6.61. The lowest BCUT2D eigenvalue weighted by Crippen LogP contribution is -2.39. The molecule has 10 nitrogen and oxygen atoms in total. The quantitative estimate of drug-likeness (QED) is 0.331. The molecule has 2 aromatic heterocycles. The zero-order chi connectivity index (χ0) is 28.8. The van der Waals surface area contributed by atoms with Gasteiger partial charge in [0.05, 0.1) is 39.0 Å². The molecule has 41 heavy (non-hydrogen) atoms. The lowest BCUT2D eigenvalue weighted by atomic mass is 9.95. The Morgan fingerprint density at radius 1 is 1.17 bits per heavy atom. The summed E-state index contributed by atoms with van der Waals surface area (Å²) in [5.41, 5.74) is 1.43. The number of carboxylic acid groups (broad SMARTS) is 1. The fourth-order valence-electron chi connectivity index (χ4n) is 4.75. The first-order chi connectivity index (χ1) is 19.7. The van der Waals surface area contributed by atoms with Crippen LogP contribution in [-0.4, -0.2) is 35.0 Å². The molecule has 1 unspecified atom stereocenters. The van der Waals surface area contributed by atoms with Gasteiger partial charge in [-0.3, -0.25) is 9.36 Å². The maximum Gasteiger partial charge on any atom is 0.338 e. The Labute approximate surface area is 241 Å². The van der Waals surface area contributed by atoms with Crippen LogP contribution in [0.25, 0.3) is 17.4 Å². The molecule has 0 saturated heterocycles. The van der Waals surface area contributed by atoms with Crippen LogP contribution in [0.1, 0.15) is 41.6 Å². The van der Waals surface area contributed by atoms with E-state index in [-0.39, 0.29) is 35.1 Å². The average molecular weight is 593 g/mol. The highest BCUT2D eigenvalue weighted by Crippen LogP contribution is 2.38. The van der Waals surface area contributed by atoms with E-state index in [1.165, 1.54) is 16.7 Å². The molecule has 208 valence electrons. The summed E-state index contributed by atoms with van der Waals surface area (Å²) in [6, 6.07) is 12.4. The van der Waals surface area contributed by atoms with Crippen LogP contribution in [0.2, 0.25) is 5.02 Å². The Bertz CT molecular complexity index is 1950. The molecule has 1 atom stereocenters. The molecule has 0 amide bonds. The molecule has 0 radical (unpaired) electrons. The number of benzene rings is 2. The molecule has 12 heteroatoms. The molecule has 0 fully saturated rings. The van der Waals surface area contributed by atoms with Gasteiger partial charge in [0, 0.05) is 11.6 Å². The van der Waals surface area contributed by atoms with Crippen molar-refractivity contribution >= 4 is 41.0 Å². The summed E-state index contributed by atoms with van der Waals surface area (Å²) in [6.07, 6.45) is 1.58. The van der Waals surface area contributed by atoms with Gasteiger partial charge >= 0.3 is 11.9 Å². The molecular weight excluding hydrogens is 572 g/mol. The lowest BCUT2D eigenvalue weighted by Gasteiger charge is -2.24. The molecule has 0 saturated carbocycles. The van der Waals surface area contributed by atoms with Gasteiger partial charge in [-0.25, -0.2) is 14.6 Å². The summed E-state index contributed by atoms with van der Waals surface area (Å²) in [4.78, 5) is 43.4. The minimum absolute atomic E-state index is 0.0493. The summed E-state index contributed by atoms with van der Waals surface area (Å²) in [5, 5.41) is 9.50. The maximum atomic E-state index is 13.8. The second kappa shape index (κ2) is 10.4. The van der Waals surface area contributed by atoms with Crippen molar-refractivity contribution in [2.75, 3.05) is 13.4 Å². The molecule has 0 aliphatic carbocycles. The fourth-order valence-corrected chi connectivity index (χ4v) is 5.97. The van der Waals surface area contributed by atoms with E-state index < -0.39 is 18.0 Å². The number of fused-ring (bicyclic) bond motifs is 2. The van der Waals surface area contributed by atoms with E-state index in [2.05, 4.69) is 4.99 Å². The molecule has 4 heterocycles. The Kier molecular flexibility index (Phi) is 6.76. The number of hydrogen-bond acceptors (Lipinski definition) is 9. The summed E-state index contributed by atoms with van der Waals surface area (Å²) in [5.74, 6) is 0.146. The Morgan fingerprint density at radius 2 is 1.98 bits per heavy atom. The van der Waals surface area contributed by atoms with Crippen molar-refractivity contribution in [1.29, 1.82) is 0 Å². The van der Waals surface area contributed by atoms with Crippen LogP contribution in [0.4, 0.5) is 0 Å². The van der Waals surface area contributed by atoms with Crippen molar-refractivity contribution in [3.8, 4) is 22.8 Å². The van der Waals surface area contributed by atoms with Crippen LogP contribution < -0.4 is 24.4 Å². The van der Waals surface area contributed by atoms with Gasteiger partial charge in [-0.2, -0.15) is 0 Å². The summed E-state index contributed by atoms with van der Waals surface area (Å²) in [7, 11) is 0. The van der Waals surface area contributed by atoms with Crippen molar-refractivity contribution in [2.24, 2.45) is 4.99 Å². The number of nitrogens with zero attached hydrogens (tertiary/aromatic N) is 2. The predicted octanol–water partition coefficient (Wildman–Crippen LogP) is 4.14. The molecule has 4 aromatic rings. The SMILES string of the molecule is CCOC(=O)C1=C(C)N=c2sc(=Cc3ccc(-c4ccc(Cl)c(C(=O)O)c4)o3)c(=O)n2C1c1ccc2c(c1)OCO2. The third kappa shape index (κ3) is 4.72. The van der Waals surface area contributed by atoms with Crippen molar-refractivity contribution < 1.29 is 33.3 Å². The molecule has 2 aliphatic rings. The van der Waals surface area contributed by atoms with Crippen LogP contribution in [0.3, 0.4) is 0 Å². The van der Waals surface area contributed by atoms with Crippen LogP contribution in [-0.2, 0) is 9.53 Å². The molecule has 0 spiro atoms. The fraction of sp³-hybridized carbons (Fsp3) is 0.172. The van der Waals surface area contributed by atoms with Gasteiger partial charge in [-0.15, -0.1) is 0 Å². The summed E-state index contributed by atoms with van der Waals surface area (Å²) in [6.45, 7) is 3.67. The van der Waals surface area contributed by atoms with Gasteiger partial charge in [0.25, 0.3) is 5.56 Å². The van der Waals surface area contributed by atoms with Crippen LogP contribution >= 0.6 is 22.9 Å². The number of allylic oxidation sites excluding steroid dienone is 1. The number of carboxylic acids is 1. The van der Waals surface area contributed by atoms with Gasteiger partial charge in [-0.1, -0.05) is 29.0 Å².